The van der Waals surface area contributed by atoms with Crippen LogP contribution < -0.4 is 5.32 Å². The first-order valence-electron chi connectivity index (χ1n) is 14.3. The van der Waals surface area contributed by atoms with E-state index in [-0.39, 0.29) is 30.5 Å². The van der Waals surface area contributed by atoms with Crippen molar-refractivity contribution >= 4 is 5.91 Å². The van der Waals surface area contributed by atoms with Crippen molar-refractivity contribution in [1.29, 1.82) is 0 Å². The molecule has 1 saturated heterocycles. The van der Waals surface area contributed by atoms with E-state index in [1.54, 1.807) is 42.6 Å². The standard InChI is InChI=1S/C34H37N3O6/c1-37(21-31(40)27-4-2-6-29(39)16-27)20-30-17-32(25-11-9-24(22-38)10-12-25)43-34(42-30)26-13-7-23(8-14-26)18-36-33(41)28-5-3-15-35-19-28/h2-16,19,30-32,34,38-40H,17-18,20-22H2,1H3,(H,36,41)/t30-,31-,32+,34+/m1/s1. The molecule has 9 heteroatoms. The lowest BCUT2D eigenvalue weighted by molar-refractivity contribution is -0.252. The summed E-state index contributed by atoms with van der Waals surface area (Å²) in [5.41, 5.74) is 4.77. The van der Waals surface area contributed by atoms with E-state index in [2.05, 4.69) is 10.3 Å². The van der Waals surface area contributed by atoms with E-state index in [0.717, 1.165) is 22.3 Å². The number of hydrogen-bond acceptors (Lipinski definition) is 8. The molecule has 0 radical (unpaired) electrons. The number of amides is 1. The summed E-state index contributed by atoms with van der Waals surface area (Å²) in [7, 11) is 1.93. The number of nitrogens with one attached hydrogen (secondary N) is 1. The number of aliphatic hydroxyl groups excluding tert-OH is 2. The van der Waals surface area contributed by atoms with Gasteiger partial charge in [0.05, 0.1) is 30.5 Å². The molecule has 3 aromatic carbocycles. The molecule has 224 valence electrons. The highest BCUT2D eigenvalue weighted by Gasteiger charge is 2.33. The third-order valence-corrected chi connectivity index (χ3v) is 7.50. The largest absolute Gasteiger partial charge is 0.508 e. The van der Waals surface area contributed by atoms with Gasteiger partial charge < -0.3 is 35.0 Å². The summed E-state index contributed by atoms with van der Waals surface area (Å²) >= 11 is 0. The van der Waals surface area contributed by atoms with E-state index < -0.39 is 12.4 Å². The summed E-state index contributed by atoms with van der Waals surface area (Å²) in [6, 6.07) is 25.6. The van der Waals surface area contributed by atoms with Crippen molar-refractivity contribution in [2.45, 2.75) is 44.2 Å². The number of likely N-dealkylation sites (N-methyl/N-ethyl adjacent to an activating group) is 1. The van der Waals surface area contributed by atoms with Gasteiger partial charge in [0.1, 0.15) is 5.75 Å². The van der Waals surface area contributed by atoms with Crippen LogP contribution in [-0.2, 0) is 22.6 Å². The third-order valence-electron chi connectivity index (χ3n) is 7.50. The van der Waals surface area contributed by atoms with E-state index in [1.165, 1.54) is 6.20 Å². The first kappa shape index (κ1) is 30.3. The highest BCUT2D eigenvalue weighted by atomic mass is 16.7. The average molecular weight is 584 g/mol. The zero-order chi connectivity index (χ0) is 30.2. The maximum absolute atomic E-state index is 12.4. The molecule has 4 aromatic rings. The van der Waals surface area contributed by atoms with Gasteiger partial charge in [0, 0.05) is 44.0 Å². The number of rotatable bonds is 11. The number of aromatic nitrogens is 1. The second-order valence-electron chi connectivity index (χ2n) is 10.8. The molecule has 43 heavy (non-hydrogen) atoms. The van der Waals surface area contributed by atoms with Crippen molar-refractivity contribution in [3.63, 3.8) is 0 Å². The van der Waals surface area contributed by atoms with Crippen LogP contribution in [0.4, 0.5) is 0 Å². The molecule has 0 aliphatic carbocycles. The van der Waals surface area contributed by atoms with Gasteiger partial charge in [0.15, 0.2) is 6.29 Å². The summed E-state index contributed by atoms with van der Waals surface area (Å²) < 4.78 is 12.9. The molecule has 1 aliphatic heterocycles. The molecule has 1 aliphatic rings. The number of phenolic OH excluding ortho intramolecular Hbond substituents is 1. The Kier molecular flexibility index (Phi) is 10.1. The summed E-state index contributed by atoms with van der Waals surface area (Å²) in [6.07, 6.45) is 1.96. The van der Waals surface area contributed by atoms with Crippen LogP contribution in [0.15, 0.2) is 97.3 Å². The zero-order valence-electron chi connectivity index (χ0n) is 24.0. The molecule has 0 saturated carbocycles. The topological polar surface area (TPSA) is 124 Å². The molecule has 0 spiro atoms. The van der Waals surface area contributed by atoms with Crippen LogP contribution in [0.1, 0.15) is 63.1 Å². The van der Waals surface area contributed by atoms with Gasteiger partial charge >= 0.3 is 0 Å². The van der Waals surface area contributed by atoms with Crippen molar-refractivity contribution in [2.24, 2.45) is 0 Å². The number of pyridine rings is 1. The highest BCUT2D eigenvalue weighted by molar-refractivity contribution is 5.93. The highest BCUT2D eigenvalue weighted by Crippen LogP contribution is 2.38. The van der Waals surface area contributed by atoms with E-state index in [0.29, 0.717) is 37.2 Å². The number of nitrogens with zero attached hydrogens (tertiary/aromatic N) is 2. The van der Waals surface area contributed by atoms with Crippen LogP contribution in [0.25, 0.3) is 0 Å². The number of carbonyl (C=O) groups excluding carboxylic acids is 1. The van der Waals surface area contributed by atoms with Gasteiger partial charge in [0.25, 0.3) is 5.91 Å². The van der Waals surface area contributed by atoms with Gasteiger partial charge in [-0.15, -0.1) is 0 Å². The lowest BCUT2D eigenvalue weighted by atomic mass is 9.99. The van der Waals surface area contributed by atoms with Crippen LogP contribution >= 0.6 is 0 Å². The van der Waals surface area contributed by atoms with Crippen molar-refractivity contribution in [2.75, 3.05) is 20.1 Å². The van der Waals surface area contributed by atoms with E-state index in [1.807, 2.05) is 60.5 Å². The molecule has 9 nitrogen and oxygen atoms in total. The third kappa shape index (κ3) is 8.25. The number of hydrogen-bond donors (Lipinski definition) is 4. The molecular weight excluding hydrogens is 546 g/mol. The van der Waals surface area contributed by atoms with E-state index >= 15 is 0 Å². The monoisotopic (exact) mass is 583 g/mol. The Morgan fingerprint density at radius 2 is 1.74 bits per heavy atom. The molecule has 0 unspecified atom stereocenters. The van der Waals surface area contributed by atoms with E-state index in [9.17, 15) is 20.1 Å². The Morgan fingerprint density at radius 1 is 1.00 bits per heavy atom. The molecule has 2 heterocycles. The minimum atomic E-state index is -0.763. The van der Waals surface area contributed by atoms with Crippen LogP contribution in [0.2, 0.25) is 0 Å². The quantitative estimate of drug-likeness (QED) is 0.205. The maximum atomic E-state index is 12.4. The Hall–Kier alpha value is -4.12. The fraction of sp³-hybridized carbons (Fsp3) is 0.294. The second-order valence-corrected chi connectivity index (χ2v) is 10.8. The van der Waals surface area contributed by atoms with Crippen molar-refractivity contribution in [1.82, 2.24) is 15.2 Å². The van der Waals surface area contributed by atoms with Crippen LogP contribution in [0.5, 0.6) is 5.75 Å². The molecular formula is C34H37N3O6. The fourth-order valence-electron chi connectivity index (χ4n) is 5.16. The van der Waals surface area contributed by atoms with Gasteiger partial charge in [-0.2, -0.15) is 0 Å². The van der Waals surface area contributed by atoms with Crippen molar-refractivity contribution in [3.8, 4) is 5.75 Å². The number of aliphatic hydroxyl groups is 2. The molecule has 0 bridgehead atoms. The Bertz CT molecular complexity index is 1470. The molecule has 1 amide bonds. The molecule has 4 atom stereocenters. The summed E-state index contributed by atoms with van der Waals surface area (Å²) in [6.45, 7) is 1.26. The smallest absolute Gasteiger partial charge is 0.253 e. The summed E-state index contributed by atoms with van der Waals surface area (Å²) in [4.78, 5) is 18.4. The first-order chi connectivity index (χ1) is 20.9. The molecule has 1 aromatic heterocycles. The SMILES string of the molecule is CN(C[C@H]1C[C@@H](c2ccc(CO)cc2)O[C@@H](c2ccc(CNC(=O)c3cccnc3)cc2)O1)C[C@@H](O)c1cccc(O)c1. The average Bonchev–Trinajstić information content (AvgIpc) is 3.04. The minimum Gasteiger partial charge on any atom is -0.508 e. The van der Waals surface area contributed by atoms with Crippen LogP contribution in [0, 0.1) is 0 Å². The summed E-state index contributed by atoms with van der Waals surface area (Å²) in [5.74, 6) is -0.0703. The van der Waals surface area contributed by atoms with Gasteiger partial charge in [-0.1, -0.05) is 60.7 Å². The van der Waals surface area contributed by atoms with Gasteiger partial charge in [-0.3, -0.25) is 9.78 Å². The van der Waals surface area contributed by atoms with Gasteiger partial charge in [-0.25, -0.2) is 0 Å². The maximum Gasteiger partial charge on any atom is 0.253 e. The van der Waals surface area contributed by atoms with Crippen molar-refractivity contribution < 1.29 is 29.6 Å². The lowest BCUT2D eigenvalue weighted by Crippen LogP contribution is -2.39. The zero-order valence-corrected chi connectivity index (χ0v) is 24.0. The van der Waals surface area contributed by atoms with Crippen molar-refractivity contribution in [3.05, 3.63) is 131 Å². The fourth-order valence-corrected chi connectivity index (χ4v) is 5.16. The van der Waals surface area contributed by atoms with Gasteiger partial charge in [0.2, 0.25) is 0 Å². The predicted octanol–water partition coefficient (Wildman–Crippen LogP) is 4.42. The lowest BCUT2D eigenvalue weighted by Gasteiger charge is -2.38. The van der Waals surface area contributed by atoms with Gasteiger partial charge in [-0.05, 0) is 53.6 Å². The number of benzene rings is 3. The number of ether oxygens (including phenoxy) is 2. The summed E-state index contributed by atoms with van der Waals surface area (Å²) in [5, 5.41) is 32.9. The van der Waals surface area contributed by atoms with E-state index in [4.69, 9.17) is 9.47 Å². The predicted molar refractivity (Wildman–Crippen MR) is 161 cm³/mol. The molecule has 4 N–H and O–H groups in total. The van der Waals surface area contributed by atoms with Crippen LogP contribution in [0.3, 0.4) is 0 Å². The Balaban J connectivity index is 1.26. The molecule has 5 rings (SSSR count). The molecule has 1 fully saturated rings. The Morgan fingerprint density at radius 3 is 2.44 bits per heavy atom. The number of aromatic hydroxyl groups is 1. The first-order valence-corrected chi connectivity index (χ1v) is 14.3. The second kappa shape index (κ2) is 14.4. The number of carbonyl (C=O) groups is 1. The normalized spacial score (nSPS) is 19.2. The minimum absolute atomic E-state index is 0.0263. The van der Waals surface area contributed by atoms with Crippen LogP contribution in [-0.4, -0.2) is 57.4 Å². The number of phenols is 1. The Labute approximate surface area is 251 Å².